The van der Waals surface area contributed by atoms with E-state index >= 15 is 0 Å². The van der Waals surface area contributed by atoms with Gasteiger partial charge in [0.25, 0.3) is 0 Å². The molecule has 0 heterocycles. The Hall–Kier alpha value is -0.910. The van der Waals surface area contributed by atoms with Crippen molar-refractivity contribution < 1.29 is 13.5 Å². The van der Waals surface area contributed by atoms with Crippen LogP contribution in [0.3, 0.4) is 0 Å². The SMILES string of the molecule is Cc1cccc(S(=O)(=O)NCC(C)O)c1. The van der Waals surface area contributed by atoms with Crippen LogP contribution in [0.4, 0.5) is 0 Å². The highest BCUT2D eigenvalue weighted by Crippen LogP contribution is 2.10. The first-order valence-electron chi connectivity index (χ1n) is 4.66. The molecule has 1 aromatic carbocycles. The second-order valence-electron chi connectivity index (χ2n) is 3.52. The largest absolute Gasteiger partial charge is 0.392 e. The van der Waals surface area contributed by atoms with Crippen LogP contribution in [-0.2, 0) is 10.0 Å². The van der Waals surface area contributed by atoms with Crippen LogP contribution in [0.2, 0.25) is 0 Å². The minimum absolute atomic E-state index is 0.0241. The fraction of sp³-hybridized carbons (Fsp3) is 0.400. The Bertz CT molecular complexity index is 426. The molecule has 0 saturated heterocycles. The lowest BCUT2D eigenvalue weighted by molar-refractivity contribution is 0.198. The van der Waals surface area contributed by atoms with Gasteiger partial charge < -0.3 is 5.11 Å². The van der Waals surface area contributed by atoms with Gasteiger partial charge in [0.1, 0.15) is 0 Å². The van der Waals surface area contributed by atoms with Crippen LogP contribution in [0.1, 0.15) is 12.5 Å². The van der Waals surface area contributed by atoms with E-state index in [1.54, 1.807) is 12.1 Å². The summed E-state index contributed by atoms with van der Waals surface area (Å²) in [4.78, 5) is 0.225. The third kappa shape index (κ3) is 3.62. The van der Waals surface area contributed by atoms with Crippen molar-refractivity contribution in [3.8, 4) is 0 Å². The van der Waals surface area contributed by atoms with Gasteiger partial charge in [0.15, 0.2) is 0 Å². The Kier molecular flexibility index (Phi) is 3.84. The van der Waals surface area contributed by atoms with Gasteiger partial charge >= 0.3 is 0 Å². The molecular formula is C10H15NO3S. The molecule has 0 aliphatic heterocycles. The summed E-state index contributed by atoms with van der Waals surface area (Å²) in [5.74, 6) is 0. The number of rotatable bonds is 4. The number of benzene rings is 1. The lowest BCUT2D eigenvalue weighted by atomic mass is 10.2. The topological polar surface area (TPSA) is 66.4 Å². The lowest BCUT2D eigenvalue weighted by Crippen LogP contribution is -2.30. The molecule has 5 heteroatoms. The summed E-state index contributed by atoms with van der Waals surface area (Å²) >= 11 is 0. The summed E-state index contributed by atoms with van der Waals surface area (Å²) in [7, 11) is -3.49. The average molecular weight is 229 g/mol. The molecule has 0 saturated carbocycles. The number of aliphatic hydroxyl groups excluding tert-OH is 1. The van der Waals surface area contributed by atoms with Crippen LogP contribution < -0.4 is 4.72 Å². The molecule has 0 aromatic heterocycles. The first-order chi connectivity index (χ1) is 6.92. The van der Waals surface area contributed by atoms with Crippen molar-refractivity contribution in [2.75, 3.05) is 6.54 Å². The number of aliphatic hydroxyl groups is 1. The van der Waals surface area contributed by atoms with Crippen LogP contribution >= 0.6 is 0 Å². The monoisotopic (exact) mass is 229 g/mol. The Balaban J connectivity index is 2.87. The van der Waals surface area contributed by atoms with Gasteiger partial charge in [0.2, 0.25) is 10.0 Å². The summed E-state index contributed by atoms with van der Waals surface area (Å²) in [6.07, 6.45) is -0.690. The van der Waals surface area contributed by atoms with E-state index in [9.17, 15) is 8.42 Å². The summed E-state index contributed by atoms with van der Waals surface area (Å²) < 4.78 is 25.7. The van der Waals surface area contributed by atoms with E-state index in [4.69, 9.17) is 5.11 Å². The van der Waals surface area contributed by atoms with Gasteiger partial charge in [0.05, 0.1) is 11.0 Å². The molecule has 1 unspecified atom stereocenters. The molecule has 1 rings (SSSR count). The highest BCUT2D eigenvalue weighted by Gasteiger charge is 2.13. The summed E-state index contributed by atoms with van der Waals surface area (Å²) in [6, 6.07) is 6.63. The highest BCUT2D eigenvalue weighted by atomic mass is 32.2. The van der Waals surface area contributed by atoms with Crippen LogP contribution in [-0.4, -0.2) is 26.2 Å². The lowest BCUT2D eigenvalue weighted by Gasteiger charge is -2.08. The van der Waals surface area contributed by atoms with E-state index in [0.717, 1.165) is 5.56 Å². The molecule has 84 valence electrons. The Morgan fingerprint density at radius 2 is 2.13 bits per heavy atom. The van der Waals surface area contributed by atoms with Gasteiger partial charge in [-0.15, -0.1) is 0 Å². The quantitative estimate of drug-likeness (QED) is 0.797. The van der Waals surface area contributed by atoms with Crippen molar-refractivity contribution in [3.05, 3.63) is 29.8 Å². The maximum atomic E-state index is 11.7. The van der Waals surface area contributed by atoms with Crippen molar-refractivity contribution in [1.29, 1.82) is 0 Å². The third-order valence-corrected chi connectivity index (χ3v) is 3.29. The highest BCUT2D eigenvalue weighted by molar-refractivity contribution is 7.89. The molecule has 15 heavy (non-hydrogen) atoms. The Morgan fingerprint density at radius 1 is 1.47 bits per heavy atom. The van der Waals surface area contributed by atoms with Crippen LogP contribution in [0.15, 0.2) is 29.2 Å². The van der Waals surface area contributed by atoms with Crippen molar-refractivity contribution in [2.45, 2.75) is 24.8 Å². The number of hydrogen-bond acceptors (Lipinski definition) is 3. The number of nitrogens with one attached hydrogen (secondary N) is 1. The summed E-state index contributed by atoms with van der Waals surface area (Å²) in [5.41, 5.74) is 0.884. The van der Waals surface area contributed by atoms with Gasteiger partial charge in [-0.05, 0) is 31.5 Å². The second-order valence-corrected chi connectivity index (χ2v) is 5.28. The first-order valence-corrected chi connectivity index (χ1v) is 6.14. The minimum atomic E-state index is -3.49. The van der Waals surface area contributed by atoms with E-state index in [1.165, 1.54) is 13.0 Å². The van der Waals surface area contributed by atoms with E-state index in [0.29, 0.717) is 0 Å². The molecule has 0 aliphatic carbocycles. The second kappa shape index (κ2) is 4.74. The number of hydrogen-bond donors (Lipinski definition) is 2. The van der Waals surface area contributed by atoms with E-state index < -0.39 is 16.1 Å². The minimum Gasteiger partial charge on any atom is -0.392 e. The summed E-state index contributed by atoms with van der Waals surface area (Å²) in [6.45, 7) is 3.38. The van der Waals surface area contributed by atoms with Crippen molar-refractivity contribution in [3.63, 3.8) is 0 Å². The smallest absolute Gasteiger partial charge is 0.240 e. The molecule has 0 bridgehead atoms. The van der Waals surface area contributed by atoms with Crippen molar-refractivity contribution >= 4 is 10.0 Å². The maximum absolute atomic E-state index is 11.7. The van der Waals surface area contributed by atoms with Gasteiger partial charge in [-0.3, -0.25) is 0 Å². The van der Waals surface area contributed by atoms with Gasteiger partial charge in [-0.1, -0.05) is 12.1 Å². The zero-order chi connectivity index (χ0) is 11.5. The third-order valence-electron chi connectivity index (χ3n) is 1.87. The molecule has 1 atom stereocenters. The van der Waals surface area contributed by atoms with Crippen LogP contribution in [0, 0.1) is 6.92 Å². The zero-order valence-electron chi connectivity index (χ0n) is 8.77. The van der Waals surface area contributed by atoms with E-state index in [2.05, 4.69) is 4.72 Å². The van der Waals surface area contributed by atoms with Gasteiger partial charge in [-0.2, -0.15) is 0 Å². The van der Waals surface area contributed by atoms with Gasteiger partial charge in [-0.25, -0.2) is 13.1 Å². The average Bonchev–Trinajstić information content (AvgIpc) is 2.15. The van der Waals surface area contributed by atoms with E-state index in [-0.39, 0.29) is 11.4 Å². The molecule has 0 fully saturated rings. The maximum Gasteiger partial charge on any atom is 0.240 e. The van der Waals surface area contributed by atoms with Gasteiger partial charge in [0, 0.05) is 6.54 Å². The molecular weight excluding hydrogens is 214 g/mol. The van der Waals surface area contributed by atoms with Crippen LogP contribution in [0.25, 0.3) is 0 Å². The summed E-state index contributed by atoms with van der Waals surface area (Å²) in [5, 5.41) is 8.99. The molecule has 0 amide bonds. The normalized spacial score (nSPS) is 13.8. The molecule has 1 aromatic rings. The Labute approximate surface area is 90.0 Å². The van der Waals surface area contributed by atoms with Crippen molar-refractivity contribution in [1.82, 2.24) is 4.72 Å². The predicted molar refractivity (Wildman–Crippen MR) is 58.0 cm³/mol. The molecule has 4 nitrogen and oxygen atoms in total. The van der Waals surface area contributed by atoms with Crippen molar-refractivity contribution in [2.24, 2.45) is 0 Å². The molecule has 0 spiro atoms. The predicted octanol–water partition coefficient (Wildman–Crippen LogP) is 0.654. The van der Waals surface area contributed by atoms with E-state index in [1.807, 2.05) is 13.0 Å². The van der Waals surface area contributed by atoms with Crippen LogP contribution in [0.5, 0.6) is 0 Å². The fourth-order valence-electron chi connectivity index (χ4n) is 1.10. The number of sulfonamides is 1. The molecule has 2 N–H and O–H groups in total. The molecule has 0 aliphatic rings. The Morgan fingerprint density at radius 3 is 2.67 bits per heavy atom. The number of aryl methyl sites for hydroxylation is 1. The zero-order valence-corrected chi connectivity index (χ0v) is 9.58. The molecule has 0 radical (unpaired) electrons. The fourth-order valence-corrected chi connectivity index (χ4v) is 2.32. The standard InChI is InChI=1S/C10H15NO3S/c1-8-4-3-5-10(6-8)15(13,14)11-7-9(2)12/h3-6,9,11-12H,7H2,1-2H3. The first kappa shape index (κ1) is 12.2.